The van der Waals surface area contributed by atoms with E-state index in [-0.39, 0.29) is 24.0 Å². The summed E-state index contributed by atoms with van der Waals surface area (Å²) in [5.74, 6) is -0.885. The fraction of sp³-hybridized carbons (Fsp3) is 0.344. The maximum absolute atomic E-state index is 13.5. The van der Waals surface area contributed by atoms with E-state index in [1.54, 1.807) is 42.5 Å². The Balaban J connectivity index is 1.41. The number of likely N-dealkylation sites (tertiary alicyclic amines) is 1. The van der Waals surface area contributed by atoms with Gasteiger partial charge >= 0.3 is 5.97 Å². The molecule has 1 fully saturated rings. The van der Waals surface area contributed by atoms with Crippen molar-refractivity contribution in [3.8, 4) is 0 Å². The first-order chi connectivity index (χ1) is 19.5. The van der Waals surface area contributed by atoms with E-state index in [0.29, 0.717) is 37.0 Å². The van der Waals surface area contributed by atoms with Crippen LogP contribution in [-0.4, -0.2) is 61.1 Å². The highest BCUT2D eigenvalue weighted by molar-refractivity contribution is 5.95. The van der Waals surface area contributed by atoms with Gasteiger partial charge in [-0.3, -0.25) is 14.5 Å². The summed E-state index contributed by atoms with van der Waals surface area (Å²) in [4.78, 5) is 39.1. The van der Waals surface area contributed by atoms with Crippen LogP contribution in [0.3, 0.4) is 0 Å². The van der Waals surface area contributed by atoms with Crippen LogP contribution < -0.4 is 10.6 Å². The van der Waals surface area contributed by atoms with Gasteiger partial charge in [0.15, 0.2) is 0 Å². The lowest BCUT2D eigenvalue weighted by atomic mass is 9.85. The molecule has 1 aliphatic heterocycles. The summed E-state index contributed by atoms with van der Waals surface area (Å²) in [7, 11) is 0. The number of amides is 2. The van der Waals surface area contributed by atoms with E-state index in [9.17, 15) is 19.5 Å². The largest absolute Gasteiger partial charge is 0.463 e. The molecule has 0 saturated carbocycles. The van der Waals surface area contributed by atoms with Gasteiger partial charge in [0.05, 0.1) is 6.61 Å². The lowest BCUT2D eigenvalue weighted by Gasteiger charge is -2.33. The number of piperidine rings is 1. The molecular weight excluding hydrogens is 506 g/mol. The second kappa shape index (κ2) is 14.4. The van der Waals surface area contributed by atoms with Crippen molar-refractivity contribution in [2.24, 2.45) is 5.92 Å². The van der Waals surface area contributed by atoms with E-state index in [0.717, 1.165) is 32.5 Å². The molecule has 1 saturated heterocycles. The first-order valence-corrected chi connectivity index (χ1v) is 13.8. The number of nitrogens with one attached hydrogen (secondary N) is 2. The molecule has 1 heterocycles. The SMILES string of the molecule is O=CNCCCNC(=O)c1cccc(C(O)(C(=O)OCC2CCN(Cc3ccccc3)CC2)c2ccccc2)c1. The molecular formula is C32H37N3O5. The Morgan fingerprint density at radius 2 is 1.60 bits per heavy atom. The number of esters is 1. The number of aliphatic hydroxyl groups is 1. The summed E-state index contributed by atoms with van der Waals surface area (Å²) in [5, 5.41) is 17.2. The van der Waals surface area contributed by atoms with Crippen molar-refractivity contribution < 1.29 is 24.2 Å². The molecule has 3 aromatic carbocycles. The molecule has 0 aliphatic carbocycles. The lowest BCUT2D eigenvalue weighted by molar-refractivity contribution is -0.164. The molecule has 1 aliphatic rings. The second-order valence-corrected chi connectivity index (χ2v) is 10.1. The van der Waals surface area contributed by atoms with Crippen LogP contribution in [0.2, 0.25) is 0 Å². The smallest absolute Gasteiger partial charge is 0.347 e. The topological polar surface area (TPSA) is 108 Å². The average molecular weight is 544 g/mol. The number of benzene rings is 3. The molecule has 2 amide bonds. The van der Waals surface area contributed by atoms with E-state index in [1.165, 1.54) is 11.6 Å². The van der Waals surface area contributed by atoms with Gasteiger partial charge in [-0.25, -0.2) is 4.79 Å². The molecule has 3 aromatic rings. The third kappa shape index (κ3) is 7.55. The minimum atomic E-state index is -2.07. The van der Waals surface area contributed by atoms with Crippen LogP contribution in [0.5, 0.6) is 0 Å². The highest BCUT2D eigenvalue weighted by Crippen LogP contribution is 2.32. The molecule has 40 heavy (non-hydrogen) atoms. The van der Waals surface area contributed by atoms with E-state index in [2.05, 4.69) is 27.7 Å². The molecule has 0 aromatic heterocycles. The maximum atomic E-state index is 13.5. The zero-order valence-corrected chi connectivity index (χ0v) is 22.6. The van der Waals surface area contributed by atoms with Gasteiger partial charge in [0.25, 0.3) is 5.91 Å². The summed E-state index contributed by atoms with van der Waals surface area (Å²) in [6, 6.07) is 25.5. The van der Waals surface area contributed by atoms with Gasteiger partial charge in [-0.1, -0.05) is 72.8 Å². The summed E-state index contributed by atoms with van der Waals surface area (Å²) >= 11 is 0. The van der Waals surface area contributed by atoms with Crippen molar-refractivity contribution in [3.05, 3.63) is 107 Å². The summed E-state index contributed by atoms with van der Waals surface area (Å²) < 4.78 is 5.77. The van der Waals surface area contributed by atoms with Crippen molar-refractivity contribution in [2.75, 3.05) is 32.8 Å². The van der Waals surface area contributed by atoms with Gasteiger partial charge in [-0.05, 0) is 61.5 Å². The van der Waals surface area contributed by atoms with E-state index < -0.39 is 11.6 Å². The molecule has 8 heteroatoms. The number of carbonyl (C=O) groups is 3. The second-order valence-electron chi connectivity index (χ2n) is 10.1. The number of hydrogen-bond donors (Lipinski definition) is 3. The average Bonchev–Trinajstić information content (AvgIpc) is 3.01. The van der Waals surface area contributed by atoms with Gasteiger partial charge in [0, 0.05) is 30.8 Å². The first-order valence-electron chi connectivity index (χ1n) is 13.8. The van der Waals surface area contributed by atoms with Crippen molar-refractivity contribution in [1.82, 2.24) is 15.5 Å². The molecule has 0 bridgehead atoms. The summed E-state index contributed by atoms with van der Waals surface area (Å²) in [6.07, 6.45) is 3.00. The number of nitrogens with zero attached hydrogens (tertiary/aromatic N) is 1. The Morgan fingerprint density at radius 1 is 0.925 bits per heavy atom. The molecule has 3 N–H and O–H groups in total. The Bertz CT molecular complexity index is 1250. The fourth-order valence-electron chi connectivity index (χ4n) is 4.97. The number of carbonyl (C=O) groups excluding carboxylic acids is 3. The molecule has 4 rings (SSSR count). The number of rotatable bonds is 13. The van der Waals surface area contributed by atoms with E-state index >= 15 is 0 Å². The quantitative estimate of drug-likeness (QED) is 0.174. The van der Waals surface area contributed by atoms with Crippen molar-refractivity contribution >= 4 is 18.3 Å². The van der Waals surface area contributed by atoms with Gasteiger partial charge in [-0.15, -0.1) is 0 Å². The minimum absolute atomic E-state index is 0.210. The predicted octanol–water partition coefficient (Wildman–Crippen LogP) is 3.24. The number of ether oxygens (including phenoxy) is 1. The molecule has 8 nitrogen and oxygen atoms in total. The van der Waals surface area contributed by atoms with Crippen molar-refractivity contribution in [3.63, 3.8) is 0 Å². The zero-order valence-electron chi connectivity index (χ0n) is 22.6. The van der Waals surface area contributed by atoms with Crippen LogP contribution in [0.1, 0.15) is 46.3 Å². The highest BCUT2D eigenvalue weighted by Gasteiger charge is 2.42. The molecule has 0 spiro atoms. The Morgan fingerprint density at radius 3 is 2.30 bits per heavy atom. The summed E-state index contributed by atoms with van der Waals surface area (Å²) in [5.41, 5.74) is 0.158. The maximum Gasteiger partial charge on any atom is 0.347 e. The fourth-order valence-corrected chi connectivity index (χ4v) is 4.97. The van der Waals surface area contributed by atoms with E-state index in [1.807, 2.05) is 24.3 Å². The molecule has 210 valence electrons. The van der Waals surface area contributed by atoms with Crippen molar-refractivity contribution in [1.29, 1.82) is 0 Å². The Kier molecular flexibility index (Phi) is 10.4. The Labute approximate surface area is 235 Å². The van der Waals surface area contributed by atoms with Crippen LogP contribution >= 0.6 is 0 Å². The minimum Gasteiger partial charge on any atom is -0.463 e. The standard InChI is InChI=1S/C32H37N3O5/c36-24-33-17-8-18-34-30(37)27-11-7-14-29(21-27)32(39,28-12-5-2-6-13-28)31(38)40-23-26-15-19-35(20-16-26)22-25-9-3-1-4-10-25/h1-7,9-14,21,24,26,39H,8,15-20,22-23H2,(H,33,36)(H,34,37). The Hall–Kier alpha value is -4.01. The van der Waals surface area contributed by atoms with Crippen LogP contribution in [0, 0.1) is 5.92 Å². The monoisotopic (exact) mass is 543 g/mol. The zero-order chi connectivity index (χ0) is 28.2. The van der Waals surface area contributed by atoms with E-state index in [4.69, 9.17) is 4.74 Å². The van der Waals surface area contributed by atoms with Gasteiger partial charge in [0.2, 0.25) is 12.0 Å². The molecule has 0 radical (unpaired) electrons. The predicted molar refractivity (Wildman–Crippen MR) is 152 cm³/mol. The van der Waals surface area contributed by atoms with Crippen LogP contribution in [0.4, 0.5) is 0 Å². The number of hydrogen-bond acceptors (Lipinski definition) is 6. The third-order valence-corrected chi connectivity index (χ3v) is 7.30. The van der Waals surface area contributed by atoms with Gasteiger partial charge in [-0.2, -0.15) is 0 Å². The van der Waals surface area contributed by atoms with Crippen molar-refractivity contribution in [2.45, 2.75) is 31.4 Å². The third-order valence-electron chi connectivity index (χ3n) is 7.30. The summed E-state index contributed by atoms with van der Waals surface area (Å²) in [6.45, 7) is 3.79. The van der Waals surface area contributed by atoms with Crippen LogP contribution in [-0.2, 0) is 26.5 Å². The molecule has 1 atom stereocenters. The highest BCUT2D eigenvalue weighted by atomic mass is 16.5. The normalized spacial score (nSPS) is 15.5. The van der Waals surface area contributed by atoms with Gasteiger partial charge < -0.3 is 20.5 Å². The molecule has 1 unspecified atom stereocenters. The van der Waals surface area contributed by atoms with Crippen LogP contribution in [0.15, 0.2) is 84.9 Å². The first kappa shape index (κ1) is 29.0. The lowest BCUT2D eigenvalue weighted by Crippen LogP contribution is -2.41. The van der Waals surface area contributed by atoms with Crippen LogP contribution in [0.25, 0.3) is 0 Å². The van der Waals surface area contributed by atoms with Gasteiger partial charge in [0.1, 0.15) is 0 Å².